The number of methoxy groups -OCH3 is 1. The zero-order valence-corrected chi connectivity index (χ0v) is 20.2. The van der Waals surface area contributed by atoms with Gasteiger partial charge in [0.2, 0.25) is 5.91 Å². The van der Waals surface area contributed by atoms with Gasteiger partial charge in [-0.25, -0.2) is 0 Å². The first-order chi connectivity index (χ1) is 16.1. The van der Waals surface area contributed by atoms with Gasteiger partial charge >= 0.3 is 0 Å². The van der Waals surface area contributed by atoms with E-state index >= 15 is 0 Å². The number of rotatable bonds is 9. The highest BCUT2D eigenvalue weighted by molar-refractivity contribution is 7.99. The van der Waals surface area contributed by atoms with E-state index in [2.05, 4.69) is 32.5 Å². The molecule has 9 heteroatoms. The van der Waals surface area contributed by atoms with E-state index in [-0.39, 0.29) is 17.7 Å². The second-order valence-corrected chi connectivity index (χ2v) is 9.18. The van der Waals surface area contributed by atoms with Crippen molar-refractivity contribution in [2.75, 3.05) is 32.5 Å². The minimum atomic E-state index is -0.0143. The molecule has 1 aromatic carbocycles. The maximum atomic E-state index is 12.7. The van der Waals surface area contributed by atoms with E-state index in [1.807, 2.05) is 36.7 Å². The van der Waals surface area contributed by atoms with Crippen molar-refractivity contribution >= 4 is 17.7 Å². The quantitative estimate of drug-likeness (QED) is 0.477. The summed E-state index contributed by atoms with van der Waals surface area (Å²) in [5, 5.41) is 12.4. The van der Waals surface area contributed by atoms with E-state index in [0.717, 1.165) is 36.0 Å². The lowest BCUT2D eigenvalue weighted by Crippen LogP contribution is -2.41. The van der Waals surface area contributed by atoms with Gasteiger partial charge in [-0.2, -0.15) is 0 Å². The van der Waals surface area contributed by atoms with E-state index in [1.165, 1.54) is 36.6 Å². The van der Waals surface area contributed by atoms with Crippen molar-refractivity contribution in [1.82, 2.24) is 25.0 Å². The molecule has 0 saturated carbocycles. The Bertz CT molecular complexity index is 1060. The SMILES string of the molecule is COc1ccc([C@H](CNC(=O)CSc2nnc(-c3ccoc3C)n2C)N2CCCCC2)cc1. The molecule has 0 unspecified atom stereocenters. The van der Waals surface area contributed by atoms with Crippen LogP contribution in [0.15, 0.2) is 46.2 Å². The van der Waals surface area contributed by atoms with Crippen LogP contribution in [0.2, 0.25) is 0 Å². The first kappa shape index (κ1) is 23.4. The van der Waals surface area contributed by atoms with Gasteiger partial charge in [-0.1, -0.05) is 30.3 Å². The smallest absolute Gasteiger partial charge is 0.230 e. The third kappa shape index (κ3) is 5.59. The van der Waals surface area contributed by atoms with Crippen LogP contribution in [0.4, 0.5) is 0 Å². The second-order valence-electron chi connectivity index (χ2n) is 8.23. The van der Waals surface area contributed by atoms with Crippen LogP contribution in [-0.2, 0) is 11.8 Å². The van der Waals surface area contributed by atoms with Crippen LogP contribution < -0.4 is 10.1 Å². The summed E-state index contributed by atoms with van der Waals surface area (Å²) in [4.78, 5) is 15.2. The number of benzene rings is 1. The zero-order valence-electron chi connectivity index (χ0n) is 19.4. The molecule has 3 heterocycles. The first-order valence-corrected chi connectivity index (χ1v) is 12.3. The van der Waals surface area contributed by atoms with Gasteiger partial charge in [0, 0.05) is 13.6 Å². The Morgan fingerprint density at radius 3 is 2.61 bits per heavy atom. The van der Waals surface area contributed by atoms with Crippen molar-refractivity contribution in [2.45, 2.75) is 37.4 Å². The lowest BCUT2D eigenvalue weighted by atomic mass is 10.0. The topological polar surface area (TPSA) is 85.4 Å². The molecule has 1 amide bonds. The number of hydrogen-bond donors (Lipinski definition) is 1. The third-order valence-electron chi connectivity index (χ3n) is 6.09. The van der Waals surface area contributed by atoms with Gasteiger partial charge in [0.1, 0.15) is 11.5 Å². The Hall–Kier alpha value is -2.78. The Morgan fingerprint density at radius 2 is 1.94 bits per heavy atom. The minimum Gasteiger partial charge on any atom is -0.497 e. The van der Waals surface area contributed by atoms with Gasteiger partial charge in [-0.3, -0.25) is 9.69 Å². The second kappa shape index (κ2) is 10.9. The Balaban J connectivity index is 1.36. The van der Waals surface area contributed by atoms with Gasteiger partial charge < -0.3 is 19.0 Å². The molecule has 1 saturated heterocycles. The van der Waals surface area contributed by atoms with Crippen LogP contribution in [0, 0.1) is 6.92 Å². The molecule has 4 rings (SSSR count). The molecule has 33 heavy (non-hydrogen) atoms. The fourth-order valence-corrected chi connectivity index (χ4v) is 4.94. The van der Waals surface area contributed by atoms with E-state index in [1.54, 1.807) is 13.4 Å². The number of carbonyl (C=O) groups is 1. The summed E-state index contributed by atoms with van der Waals surface area (Å²) < 4.78 is 12.6. The fourth-order valence-electron chi connectivity index (χ4n) is 4.20. The van der Waals surface area contributed by atoms with Gasteiger partial charge in [0.15, 0.2) is 11.0 Å². The van der Waals surface area contributed by atoms with Crippen molar-refractivity contribution in [3.63, 3.8) is 0 Å². The van der Waals surface area contributed by atoms with Crippen molar-refractivity contribution < 1.29 is 13.9 Å². The molecule has 0 spiro atoms. The van der Waals surface area contributed by atoms with E-state index in [9.17, 15) is 4.79 Å². The maximum absolute atomic E-state index is 12.7. The molecule has 1 aliphatic rings. The molecule has 1 atom stereocenters. The molecule has 1 fully saturated rings. The first-order valence-electron chi connectivity index (χ1n) is 11.3. The molecule has 8 nitrogen and oxygen atoms in total. The minimum absolute atomic E-state index is 0.0143. The summed E-state index contributed by atoms with van der Waals surface area (Å²) >= 11 is 1.38. The van der Waals surface area contributed by atoms with Gasteiger partial charge in [-0.05, 0) is 56.6 Å². The highest BCUT2D eigenvalue weighted by Crippen LogP contribution is 2.27. The monoisotopic (exact) mass is 469 g/mol. The number of nitrogens with one attached hydrogen (secondary N) is 1. The molecule has 176 valence electrons. The standard InChI is InChI=1S/C24H31N5O3S/c1-17-20(11-14-32-17)23-26-27-24(28(23)2)33-16-22(30)25-15-21(29-12-5-4-6-13-29)18-7-9-19(31-3)10-8-18/h7-11,14,21H,4-6,12-13,15-16H2,1-3H3,(H,25,30)/t21-/m0/s1. The normalized spacial score (nSPS) is 15.4. The average molecular weight is 470 g/mol. The summed E-state index contributed by atoms with van der Waals surface area (Å²) in [5.74, 6) is 2.63. The summed E-state index contributed by atoms with van der Waals surface area (Å²) in [6.45, 7) is 4.57. The van der Waals surface area contributed by atoms with E-state index in [4.69, 9.17) is 9.15 Å². The molecule has 0 aliphatic carbocycles. The largest absolute Gasteiger partial charge is 0.497 e. The Labute approximate surface area is 198 Å². The number of aryl methyl sites for hydroxylation is 1. The highest BCUT2D eigenvalue weighted by atomic mass is 32.2. The number of aromatic nitrogens is 3. The van der Waals surface area contributed by atoms with Crippen LogP contribution in [0.25, 0.3) is 11.4 Å². The molecule has 2 aromatic heterocycles. The Kier molecular flexibility index (Phi) is 7.72. The number of thioether (sulfide) groups is 1. The zero-order chi connectivity index (χ0) is 23.2. The molecule has 1 aliphatic heterocycles. The van der Waals surface area contributed by atoms with Crippen LogP contribution in [0.3, 0.4) is 0 Å². The summed E-state index contributed by atoms with van der Waals surface area (Å²) in [7, 11) is 3.57. The lowest BCUT2D eigenvalue weighted by Gasteiger charge is -2.35. The molecule has 3 aromatic rings. The molecular formula is C24H31N5O3S. The number of hydrogen-bond acceptors (Lipinski definition) is 7. The molecule has 0 radical (unpaired) electrons. The number of carbonyl (C=O) groups excluding carboxylic acids is 1. The summed E-state index contributed by atoms with van der Waals surface area (Å²) in [6, 6.07) is 10.2. The van der Waals surface area contributed by atoms with Crippen LogP contribution >= 0.6 is 11.8 Å². The number of furan rings is 1. The van der Waals surface area contributed by atoms with Gasteiger partial charge in [-0.15, -0.1) is 10.2 Å². The van der Waals surface area contributed by atoms with E-state index in [0.29, 0.717) is 11.7 Å². The number of piperidine rings is 1. The third-order valence-corrected chi connectivity index (χ3v) is 7.11. The molecular weight excluding hydrogens is 438 g/mol. The predicted octanol–water partition coefficient (Wildman–Crippen LogP) is 3.83. The molecule has 1 N–H and O–H groups in total. The summed E-state index contributed by atoms with van der Waals surface area (Å²) in [5.41, 5.74) is 2.10. The Morgan fingerprint density at radius 1 is 1.18 bits per heavy atom. The van der Waals surface area contributed by atoms with Crippen LogP contribution in [-0.4, -0.2) is 58.1 Å². The number of likely N-dealkylation sites (tertiary alicyclic amines) is 1. The molecule has 0 bridgehead atoms. The average Bonchev–Trinajstić information content (AvgIpc) is 3.43. The van der Waals surface area contributed by atoms with Gasteiger partial charge in [0.05, 0.1) is 30.7 Å². The van der Waals surface area contributed by atoms with Crippen molar-refractivity contribution in [3.8, 4) is 17.1 Å². The number of ether oxygens (including phenoxy) is 1. The predicted molar refractivity (Wildman–Crippen MR) is 128 cm³/mol. The van der Waals surface area contributed by atoms with E-state index < -0.39 is 0 Å². The fraction of sp³-hybridized carbons (Fsp3) is 0.458. The van der Waals surface area contributed by atoms with Gasteiger partial charge in [0.25, 0.3) is 0 Å². The summed E-state index contributed by atoms with van der Waals surface area (Å²) in [6.07, 6.45) is 5.30. The number of nitrogens with zero attached hydrogens (tertiary/aromatic N) is 4. The maximum Gasteiger partial charge on any atom is 0.230 e. The van der Waals surface area contributed by atoms with Crippen LogP contribution in [0.5, 0.6) is 5.75 Å². The lowest BCUT2D eigenvalue weighted by molar-refractivity contribution is -0.118. The van der Waals surface area contributed by atoms with Crippen molar-refractivity contribution in [1.29, 1.82) is 0 Å². The number of amides is 1. The van der Waals surface area contributed by atoms with Crippen molar-refractivity contribution in [3.05, 3.63) is 47.9 Å². The van der Waals surface area contributed by atoms with Crippen LogP contribution in [0.1, 0.15) is 36.6 Å². The highest BCUT2D eigenvalue weighted by Gasteiger charge is 2.23. The van der Waals surface area contributed by atoms with Crippen molar-refractivity contribution in [2.24, 2.45) is 7.05 Å².